The molecule has 0 spiro atoms. The van der Waals surface area contributed by atoms with Crippen molar-refractivity contribution in [1.82, 2.24) is 9.88 Å². The molecule has 2 heterocycles. The minimum Gasteiger partial charge on any atom is -0.461 e. The van der Waals surface area contributed by atoms with Crippen molar-refractivity contribution in [2.45, 2.75) is 52.6 Å². The normalized spacial score (nSPS) is 14.7. The van der Waals surface area contributed by atoms with Crippen LogP contribution >= 0.6 is 11.3 Å². The largest absolute Gasteiger partial charge is 0.461 e. The zero-order valence-corrected chi connectivity index (χ0v) is 16.8. The van der Waals surface area contributed by atoms with Crippen LogP contribution in [0, 0.1) is 13.8 Å². The van der Waals surface area contributed by atoms with Crippen molar-refractivity contribution < 1.29 is 19.1 Å². The maximum absolute atomic E-state index is 13.3. The summed E-state index contributed by atoms with van der Waals surface area (Å²) in [4.78, 5) is 43.6. The van der Waals surface area contributed by atoms with Gasteiger partial charge in [0, 0.05) is 17.3 Å². The average molecular weight is 388 g/mol. The Hall–Kier alpha value is -2.41. The molecule has 2 aromatic rings. The van der Waals surface area contributed by atoms with E-state index in [0.717, 1.165) is 12.8 Å². The molecule has 0 aliphatic heterocycles. The Bertz CT molecular complexity index is 865. The van der Waals surface area contributed by atoms with Crippen LogP contribution in [0.2, 0.25) is 0 Å². The van der Waals surface area contributed by atoms with E-state index < -0.39 is 12.0 Å². The number of ketones is 1. The predicted molar refractivity (Wildman–Crippen MR) is 104 cm³/mol. The van der Waals surface area contributed by atoms with E-state index >= 15 is 0 Å². The van der Waals surface area contributed by atoms with Gasteiger partial charge in [0.2, 0.25) is 0 Å². The van der Waals surface area contributed by atoms with Crippen LogP contribution in [0.5, 0.6) is 0 Å². The predicted octanol–water partition coefficient (Wildman–Crippen LogP) is 3.75. The number of aromatic amines is 1. The highest BCUT2D eigenvalue weighted by molar-refractivity contribution is 7.12. The van der Waals surface area contributed by atoms with Crippen molar-refractivity contribution >= 4 is 29.0 Å². The number of nitrogens with zero attached hydrogens (tertiary/aromatic N) is 1. The molecule has 0 radical (unpaired) electrons. The highest BCUT2D eigenvalue weighted by atomic mass is 32.1. The van der Waals surface area contributed by atoms with E-state index in [1.165, 1.54) is 11.3 Å². The average Bonchev–Trinajstić information content (AvgIpc) is 3.20. The standard InChI is InChI=1S/C20H24N2O4S/c1-5-26-20(25)17-11(2)16(12(3)21-17)18(23)13(4)22(14-8-9-14)19(24)15-7-6-10-27-15/h6-7,10,13-14,21H,5,8-9H2,1-4H3. The first-order chi connectivity index (χ1) is 12.9. The van der Waals surface area contributed by atoms with Gasteiger partial charge in [0.15, 0.2) is 5.78 Å². The monoisotopic (exact) mass is 388 g/mol. The number of hydrogen-bond acceptors (Lipinski definition) is 5. The zero-order chi connectivity index (χ0) is 19.7. The molecular weight excluding hydrogens is 364 g/mol. The fourth-order valence-electron chi connectivity index (χ4n) is 3.40. The number of aryl methyl sites for hydroxylation is 1. The number of esters is 1. The van der Waals surface area contributed by atoms with Gasteiger partial charge in [-0.1, -0.05) is 6.07 Å². The number of aromatic nitrogens is 1. The van der Waals surface area contributed by atoms with Crippen molar-refractivity contribution in [1.29, 1.82) is 0 Å². The molecule has 1 amide bonds. The molecule has 1 unspecified atom stereocenters. The van der Waals surface area contributed by atoms with Crippen molar-refractivity contribution in [2.75, 3.05) is 6.61 Å². The Labute approximate surface area is 162 Å². The van der Waals surface area contributed by atoms with E-state index in [0.29, 0.717) is 27.4 Å². The topological polar surface area (TPSA) is 79.5 Å². The highest BCUT2D eigenvalue weighted by Gasteiger charge is 2.40. The van der Waals surface area contributed by atoms with E-state index in [4.69, 9.17) is 4.74 Å². The summed E-state index contributed by atoms with van der Waals surface area (Å²) in [6.45, 7) is 7.26. The van der Waals surface area contributed by atoms with Gasteiger partial charge in [0.1, 0.15) is 5.69 Å². The third kappa shape index (κ3) is 3.69. The van der Waals surface area contributed by atoms with Gasteiger partial charge < -0.3 is 14.6 Å². The summed E-state index contributed by atoms with van der Waals surface area (Å²) >= 11 is 1.38. The third-order valence-corrected chi connectivity index (χ3v) is 5.72. The number of Topliss-reactive ketones (excluding diaryl/α,β-unsaturated/α-hetero) is 1. The molecule has 0 aromatic carbocycles. The van der Waals surface area contributed by atoms with Gasteiger partial charge in [0.25, 0.3) is 5.91 Å². The van der Waals surface area contributed by atoms with E-state index in [1.54, 1.807) is 38.7 Å². The fourth-order valence-corrected chi connectivity index (χ4v) is 4.07. The lowest BCUT2D eigenvalue weighted by Gasteiger charge is -2.28. The van der Waals surface area contributed by atoms with Crippen LogP contribution in [0.15, 0.2) is 17.5 Å². The summed E-state index contributed by atoms with van der Waals surface area (Å²) in [6.07, 6.45) is 1.82. The number of nitrogens with one attached hydrogen (secondary N) is 1. The van der Waals surface area contributed by atoms with Crippen molar-refractivity contribution in [3.8, 4) is 0 Å². The van der Waals surface area contributed by atoms with Crippen LogP contribution in [0.25, 0.3) is 0 Å². The smallest absolute Gasteiger partial charge is 0.355 e. The molecule has 1 fully saturated rings. The van der Waals surface area contributed by atoms with Crippen LogP contribution in [0.3, 0.4) is 0 Å². The maximum Gasteiger partial charge on any atom is 0.355 e. The molecule has 27 heavy (non-hydrogen) atoms. The summed E-state index contributed by atoms with van der Waals surface area (Å²) in [7, 11) is 0. The quantitative estimate of drug-likeness (QED) is 0.579. The fraction of sp³-hybridized carbons (Fsp3) is 0.450. The summed E-state index contributed by atoms with van der Waals surface area (Å²) in [5.74, 6) is -0.739. The highest BCUT2D eigenvalue weighted by Crippen LogP contribution is 2.33. The van der Waals surface area contributed by atoms with Crippen LogP contribution < -0.4 is 0 Å². The van der Waals surface area contributed by atoms with Crippen molar-refractivity contribution in [3.63, 3.8) is 0 Å². The van der Waals surface area contributed by atoms with Crippen molar-refractivity contribution in [2.24, 2.45) is 0 Å². The van der Waals surface area contributed by atoms with Gasteiger partial charge in [-0.2, -0.15) is 0 Å². The lowest BCUT2D eigenvalue weighted by atomic mass is 9.99. The van der Waals surface area contributed by atoms with Crippen LogP contribution in [-0.2, 0) is 4.74 Å². The third-order valence-electron chi connectivity index (χ3n) is 4.87. The van der Waals surface area contributed by atoms with Gasteiger partial charge in [-0.25, -0.2) is 4.79 Å². The molecule has 6 nitrogen and oxygen atoms in total. The van der Waals surface area contributed by atoms with E-state index in [-0.39, 0.29) is 24.3 Å². The minimum absolute atomic E-state index is 0.0997. The lowest BCUT2D eigenvalue weighted by Crippen LogP contribution is -2.44. The Balaban J connectivity index is 1.90. The first-order valence-electron chi connectivity index (χ1n) is 9.13. The van der Waals surface area contributed by atoms with Crippen LogP contribution in [0.4, 0.5) is 0 Å². The van der Waals surface area contributed by atoms with Gasteiger partial charge in [-0.3, -0.25) is 9.59 Å². The molecule has 0 saturated heterocycles. The van der Waals surface area contributed by atoms with E-state index in [2.05, 4.69) is 4.98 Å². The first-order valence-corrected chi connectivity index (χ1v) is 10.0. The molecule has 7 heteroatoms. The maximum atomic E-state index is 13.3. The molecule has 1 aliphatic rings. The zero-order valence-electron chi connectivity index (χ0n) is 16.0. The van der Waals surface area contributed by atoms with Gasteiger partial charge >= 0.3 is 5.97 Å². The number of ether oxygens (including phenoxy) is 1. The van der Waals surface area contributed by atoms with Gasteiger partial charge in [0.05, 0.1) is 17.5 Å². The second-order valence-corrected chi connectivity index (χ2v) is 7.75. The number of hydrogen-bond donors (Lipinski definition) is 1. The summed E-state index contributed by atoms with van der Waals surface area (Å²) in [5, 5.41) is 1.86. The van der Waals surface area contributed by atoms with Crippen molar-refractivity contribution in [3.05, 3.63) is 44.9 Å². The Morgan fingerprint density at radius 1 is 1.33 bits per heavy atom. The Morgan fingerprint density at radius 3 is 2.59 bits per heavy atom. The van der Waals surface area contributed by atoms with Gasteiger partial charge in [-0.15, -0.1) is 11.3 Å². The molecule has 1 aliphatic carbocycles. The van der Waals surface area contributed by atoms with E-state index in [9.17, 15) is 14.4 Å². The number of carbonyl (C=O) groups excluding carboxylic acids is 3. The number of rotatable bonds is 7. The second-order valence-electron chi connectivity index (χ2n) is 6.81. The second kappa shape index (κ2) is 7.68. The van der Waals surface area contributed by atoms with E-state index in [1.807, 2.05) is 11.4 Å². The summed E-state index contributed by atoms with van der Waals surface area (Å²) < 4.78 is 5.06. The number of carbonyl (C=O) groups is 3. The Morgan fingerprint density at radius 2 is 2.04 bits per heavy atom. The van der Waals surface area contributed by atoms with Crippen LogP contribution in [-0.4, -0.2) is 46.2 Å². The molecule has 1 saturated carbocycles. The SMILES string of the molecule is CCOC(=O)c1[nH]c(C)c(C(=O)C(C)N(C(=O)c2cccs2)C2CC2)c1C. The van der Waals surface area contributed by atoms with Gasteiger partial charge in [-0.05, 0) is 57.5 Å². The Kier molecular flexibility index (Phi) is 5.51. The lowest BCUT2D eigenvalue weighted by molar-refractivity contribution is 0.0518. The number of H-pyrrole nitrogens is 1. The minimum atomic E-state index is -0.602. The summed E-state index contributed by atoms with van der Waals surface area (Å²) in [5.41, 5.74) is 1.96. The molecule has 1 atom stereocenters. The number of thiophene rings is 1. The molecule has 0 bridgehead atoms. The van der Waals surface area contributed by atoms with Crippen LogP contribution in [0.1, 0.15) is 68.5 Å². The molecule has 1 N–H and O–H groups in total. The number of amides is 1. The first kappa shape index (κ1) is 19.4. The summed E-state index contributed by atoms with van der Waals surface area (Å²) in [6, 6.07) is 3.12. The molecule has 144 valence electrons. The molecule has 2 aromatic heterocycles. The molecular formula is C20H24N2O4S. The molecule has 3 rings (SSSR count).